The highest BCUT2D eigenvalue weighted by Crippen LogP contribution is 1.92. The maximum atomic E-state index is 4.24. The molecular formula is C7H15N. The summed E-state index contributed by atoms with van der Waals surface area (Å²) in [5.74, 6) is 0. The third kappa shape index (κ3) is 3.85. The minimum Gasteiger partial charge on any atom is -0.295 e. The van der Waals surface area contributed by atoms with Gasteiger partial charge in [0.25, 0.3) is 0 Å². The number of hydrogen-bond acceptors (Lipinski definition) is 1. The molecule has 8 heavy (non-hydrogen) atoms. The van der Waals surface area contributed by atoms with Gasteiger partial charge >= 0.3 is 0 Å². The molecule has 0 spiro atoms. The molecule has 1 nitrogen and oxygen atoms in total. The van der Waals surface area contributed by atoms with Crippen LogP contribution in [0.1, 0.15) is 33.6 Å². The van der Waals surface area contributed by atoms with E-state index in [0.29, 0.717) is 6.04 Å². The lowest BCUT2D eigenvalue weighted by atomic mass is 10.3. The zero-order valence-corrected chi connectivity index (χ0v) is 6.02. The molecule has 0 bridgehead atoms. The summed E-state index contributed by atoms with van der Waals surface area (Å²) < 4.78 is 0. The molecule has 0 saturated carbocycles. The van der Waals surface area contributed by atoms with Gasteiger partial charge in [-0.15, -0.1) is 0 Å². The van der Waals surface area contributed by atoms with Crippen molar-refractivity contribution in [1.82, 2.24) is 0 Å². The smallest absolute Gasteiger partial charge is 0.0464 e. The van der Waals surface area contributed by atoms with Gasteiger partial charge in [0.15, 0.2) is 0 Å². The fourth-order valence-electron chi connectivity index (χ4n) is 0.391. The standard InChI is InChI=1S/C7H15N/c1-4-6-8-7(3)5-2/h6-7H,4-5H2,1-3H3. The van der Waals surface area contributed by atoms with E-state index in [0.717, 1.165) is 12.8 Å². The van der Waals surface area contributed by atoms with Crippen LogP contribution in [-0.4, -0.2) is 12.3 Å². The highest BCUT2D eigenvalue weighted by molar-refractivity contribution is 5.56. The zero-order chi connectivity index (χ0) is 6.41. The van der Waals surface area contributed by atoms with Crippen LogP contribution < -0.4 is 0 Å². The maximum Gasteiger partial charge on any atom is 0.0464 e. The molecule has 0 aliphatic rings. The van der Waals surface area contributed by atoms with Crippen molar-refractivity contribution in [1.29, 1.82) is 0 Å². The van der Waals surface area contributed by atoms with E-state index in [-0.39, 0.29) is 0 Å². The lowest BCUT2D eigenvalue weighted by Crippen LogP contribution is -1.93. The van der Waals surface area contributed by atoms with E-state index in [1.54, 1.807) is 0 Å². The van der Waals surface area contributed by atoms with E-state index in [4.69, 9.17) is 0 Å². The Balaban J connectivity index is 3.21. The topological polar surface area (TPSA) is 12.4 Å². The van der Waals surface area contributed by atoms with Gasteiger partial charge in [-0.1, -0.05) is 13.8 Å². The first-order valence-corrected chi connectivity index (χ1v) is 3.32. The van der Waals surface area contributed by atoms with Gasteiger partial charge in [0.05, 0.1) is 0 Å². The molecule has 0 rings (SSSR count). The average Bonchev–Trinajstić information content (AvgIpc) is 1.83. The second-order valence-electron chi connectivity index (χ2n) is 2.00. The Morgan fingerprint density at radius 2 is 2.12 bits per heavy atom. The van der Waals surface area contributed by atoms with Crippen LogP contribution in [0, 0.1) is 0 Å². The first kappa shape index (κ1) is 7.67. The summed E-state index contributed by atoms with van der Waals surface area (Å²) in [6.45, 7) is 6.38. The van der Waals surface area contributed by atoms with E-state index in [2.05, 4.69) is 25.8 Å². The molecule has 0 aromatic heterocycles. The van der Waals surface area contributed by atoms with E-state index >= 15 is 0 Å². The third-order valence-corrected chi connectivity index (χ3v) is 1.13. The van der Waals surface area contributed by atoms with Crippen LogP contribution in [0.25, 0.3) is 0 Å². The fourth-order valence-corrected chi connectivity index (χ4v) is 0.391. The van der Waals surface area contributed by atoms with Crippen LogP contribution in [0.4, 0.5) is 0 Å². The van der Waals surface area contributed by atoms with Gasteiger partial charge in [0.2, 0.25) is 0 Å². The van der Waals surface area contributed by atoms with Gasteiger partial charge in [-0.25, -0.2) is 0 Å². The van der Waals surface area contributed by atoms with Crippen molar-refractivity contribution in [3.63, 3.8) is 0 Å². The highest BCUT2D eigenvalue weighted by Gasteiger charge is 1.87. The molecule has 0 saturated heterocycles. The Bertz CT molecular complexity index is 66.8. The van der Waals surface area contributed by atoms with E-state index in [1.165, 1.54) is 0 Å². The minimum atomic E-state index is 0.523. The molecule has 0 aliphatic carbocycles. The predicted octanol–water partition coefficient (Wildman–Crippen LogP) is 2.27. The van der Waals surface area contributed by atoms with Gasteiger partial charge in [0, 0.05) is 6.04 Å². The van der Waals surface area contributed by atoms with Crippen LogP contribution in [0.3, 0.4) is 0 Å². The Hall–Kier alpha value is -0.330. The Labute approximate surface area is 51.8 Å². The van der Waals surface area contributed by atoms with Crippen molar-refractivity contribution in [2.75, 3.05) is 0 Å². The van der Waals surface area contributed by atoms with Crippen molar-refractivity contribution in [2.24, 2.45) is 4.99 Å². The lowest BCUT2D eigenvalue weighted by Gasteiger charge is -1.97. The zero-order valence-electron chi connectivity index (χ0n) is 6.02. The number of nitrogens with zero attached hydrogens (tertiary/aromatic N) is 1. The van der Waals surface area contributed by atoms with E-state index in [1.807, 2.05) is 6.21 Å². The molecule has 0 aliphatic heterocycles. The highest BCUT2D eigenvalue weighted by atomic mass is 14.7. The maximum absolute atomic E-state index is 4.24. The molecule has 1 heteroatoms. The molecule has 1 atom stereocenters. The molecule has 0 aromatic carbocycles. The molecule has 0 radical (unpaired) electrons. The third-order valence-electron chi connectivity index (χ3n) is 1.13. The Morgan fingerprint density at radius 1 is 1.50 bits per heavy atom. The van der Waals surface area contributed by atoms with Crippen molar-refractivity contribution in [3.8, 4) is 0 Å². The van der Waals surface area contributed by atoms with Gasteiger partial charge in [-0.2, -0.15) is 0 Å². The van der Waals surface area contributed by atoms with Crippen molar-refractivity contribution in [2.45, 2.75) is 39.7 Å². The predicted molar refractivity (Wildman–Crippen MR) is 38.5 cm³/mol. The Kier molecular flexibility index (Phi) is 4.62. The monoisotopic (exact) mass is 113 g/mol. The van der Waals surface area contributed by atoms with Crippen LogP contribution in [-0.2, 0) is 0 Å². The first-order chi connectivity index (χ1) is 3.81. The summed E-state index contributed by atoms with van der Waals surface area (Å²) in [5, 5.41) is 0. The Morgan fingerprint density at radius 3 is 2.50 bits per heavy atom. The first-order valence-electron chi connectivity index (χ1n) is 3.32. The van der Waals surface area contributed by atoms with Gasteiger partial charge in [-0.05, 0) is 26.0 Å². The van der Waals surface area contributed by atoms with Gasteiger partial charge in [-0.3, -0.25) is 4.99 Å². The van der Waals surface area contributed by atoms with Crippen LogP contribution in [0.5, 0.6) is 0 Å². The summed E-state index contributed by atoms with van der Waals surface area (Å²) in [6.07, 6.45) is 4.19. The summed E-state index contributed by atoms with van der Waals surface area (Å²) in [6, 6.07) is 0.523. The molecule has 48 valence electrons. The normalized spacial score (nSPS) is 14.9. The molecular weight excluding hydrogens is 98.1 g/mol. The van der Waals surface area contributed by atoms with Crippen molar-refractivity contribution in [3.05, 3.63) is 0 Å². The van der Waals surface area contributed by atoms with Gasteiger partial charge < -0.3 is 0 Å². The molecule has 0 heterocycles. The largest absolute Gasteiger partial charge is 0.295 e. The molecule has 0 N–H and O–H groups in total. The number of rotatable bonds is 3. The van der Waals surface area contributed by atoms with Crippen LogP contribution in [0.2, 0.25) is 0 Å². The van der Waals surface area contributed by atoms with Crippen LogP contribution >= 0.6 is 0 Å². The van der Waals surface area contributed by atoms with Crippen LogP contribution in [0.15, 0.2) is 4.99 Å². The summed E-state index contributed by atoms with van der Waals surface area (Å²) in [4.78, 5) is 4.24. The van der Waals surface area contributed by atoms with Gasteiger partial charge in [0.1, 0.15) is 0 Å². The number of hydrogen-bond donors (Lipinski definition) is 0. The quantitative estimate of drug-likeness (QED) is 0.498. The molecule has 1 unspecified atom stereocenters. The number of aliphatic imine (C=N–C) groups is 1. The molecule has 0 amide bonds. The molecule has 0 fully saturated rings. The van der Waals surface area contributed by atoms with Crippen molar-refractivity contribution < 1.29 is 0 Å². The van der Waals surface area contributed by atoms with E-state index in [9.17, 15) is 0 Å². The van der Waals surface area contributed by atoms with E-state index < -0.39 is 0 Å². The second-order valence-corrected chi connectivity index (χ2v) is 2.00. The van der Waals surface area contributed by atoms with Crippen molar-refractivity contribution >= 4 is 6.21 Å². The molecule has 0 aromatic rings. The summed E-state index contributed by atoms with van der Waals surface area (Å²) in [7, 11) is 0. The SMILES string of the molecule is CCC=NC(C)CC. The summed E-state index contributed by atoms with van der Waals surface area (Å²) in [5.41, 5.74) is 0. The fraction of sp³-hybridized carbons (Fsp3) is 0.857. The summed E-state index contributed by atoms with van der Waals surface area (Å²) >= 11 is 0. The minimum absolute atomic E-state index is 0.523. The average molecular weight is 113 g/mol. The second kappa shape index (κ2) is 4.82. The lowest BCUT2D eigenvalue weighted by molar-refractivity contribution is 0.718.